The smallest absolute Gasteiger partial charge is 0.257 e. The first-order chi connectivity index (χ1) is 12.5. The van der Waals surface area contributed by atoms with E-state index in [0.717, 1.165) is 4.90 Å². The van der Waals surface area contributed by atoms with Gasteiger partial charge in [0, 0.05) is 17.5 Å². The standard InChI is InChI=1S/C17H20N2O7/c20-5-6-25-7-8-26-10-1-2-11-12(9-10)17(24)19(16(11)23)13-3-4-14(21)18-15(13)22/h1-2,9,13,17,20,24H,3-8H2,(H,18,21,22). The quantitative estimate of drug-likeness (QED) is 0.433. The van der Waals surface area contributed by atoms with Crippen LogP contribution in [0.4, 0.5) is 0 Å². The van der Waals surface area contributed by atoms with Gasteiger partial charge in [0.15, 0.2) is 6.23 Å². The van der Waals surface area contributed by atoms with Gasteiger partial charge in [-0.3, -0.25) is 24.6 Å². The summed E-state index contributed by atoms with van der Waals surface area (Å²) < 4.78 is 10.6. The molecule has 3 rings (SSSR count). The highest BCUT2D eigenvalue weighted by molar-refractivity contribution is 6.05. The summed E-state index contributed by atoms with van der Waals surface area (Å²) in [5, 5.41) is 21.4. The van der Waals surface area contributed by atoms with E-state index in [4.69, 9.17) is 14.6 Å². The number of rotatable bonds is 7. The largest absolute Gasteiger partial charge is 0.491 e. The van der Waals surface area contributed by atoms with Crippen molar-refractivity contribution in [2.75, 3.05) is 26.4 Å². The number of aliphatic hydroxyl groups excluding tert-OH is 2. The number of benzene rings is 1. The number of amides is 3. The molecule has 140 valence electrons. The zero-order chi connectivity index (χ0) is 18.7. The van der Waals surface area contributed by atoms with Crippen LogP contribution in [0, 0.1) is 0 Å². The molecule has 1 fully saturated rings. The van der Waals surface area contributed by atoms with Crippen LogP contribution in [-0.2, 0) is 14.3 Å². The summed E-state index contributed by atoms with van der Waals surface area (Å²) in [6.07, 6.45) is -0.992. The maximum Gasteiger partial charge on any atom is 0.257 e. The van der Waals surface area contributed by atoms with Gasteiger partial charge in [-0.2, -0.15) is 0 Å². The summed E-state index contributed by atoms with van der Waals surface area (Å²) in [4.78, 5) is 37.0. The molecule has 26 heavy (non-hydrogen) atoms. The summed E-state index contributed by atoms with van der Waals surface area (Å²) >= 11 is 0. The zero-order valence-electron chi connectivity index (χ0n) is 14.0. The lowest BCUT2D eigenvalue weighted by Crippen LogP contribution is -2.53. The molecule has 9 nitrogen and oxygen atoms in total. The van der Waals surface area contributed by atoms with Crippen LogP contribution in [0.5, 0.6) is 5.75 Å². The number of hydrogen-bond acceptors (Lipinski definition) is 7. The van der Waals surface area contributed by atoms with E-state index in [1.165, 1.54) is 6.07 Å². The molecule has 2 aliphatic rings. The molecule has 0 aromatic heterocycles. The third-order valence-electron chi connectivity index (χ3n) is 4.31. The van der Waals surface area contributed by atoms with Crippen molar-refractivity contribution in [3.8, 4) is 5.75 Å². The monoisotopic (exact) mass is 364 g/mol. The van der Waals surface area contributed by atoms with Crippen molar-refractivity contribution in [2.45, 2.75) is 25.1 Å². The number of hydrogen-bond donors (Lipinski definition) is 3. The Morgan fingerprint density at radius 3 is 2.73 bits per heavy atom. The van der Waals surface area contributed by atoms with Crippen LogP contribution in [0.15, 0.2) is 18.2 Å². The molecule has 2 unspecified atom stereocenters. The van der Waals surface area contributed by atoms with Gasteiger partial charge in [0.25, 0.3) is 5.91 Å². The van der Waals surface area contributed by atoms with Gasteiger partial charge in [0.2, 0.25) is 11.8 Å². The SMILES string of the molecule is O=C1CCC(N2C(=O)c3ccc(OCCOCCO)cc3C2O)C(=O)N1. The van der Waals surface area contributed by atoms with Crippen LogP contribution in [0.2, 0.25) is 0 Å². The first-order valence-corrected chi connectivity index (χ1v) is 8.32. The second kappa shape index (κ2) is 7.81. The molecule has 2 atom stereocenters. The fraction of sp³-hybridized carbons (Fsp3) is 0.471. The Bertz CT molecular complexity index is 721. The van der Waals surface area contributed by atoms with Crippen molar-refractivity contribution in [3.05, 3.63) is 29.3 Å². The molecule has 9 heteroatoms. The minimum absolute atomic E-state index is 0.0661. The van der Waals surface area contributed by atoms with Crippen molar-refractivity contribution < 1.29 is 34.1 Å². The van der Waals surface area contributed by atoms with Crippen LogP contribution < -0.4 is 10.1 Å². The fourth-order valence-electron chi connectivity index (χ4n) is 3.08. The van der Waals surface area contributed by atoms with E-state index in [9.17, 15) is 19.5 Å². The average molecular weight is 364 g/mol. The lowest BCUT2D eigenvalue weighted by Gasteiger charge is -2.31. The molecule has 3 amide bonds. The maximum atomic E-state index is 12.6. The summed E-state index contributed by atoms with van der Waals surface area (Å²) in [5.74, 6) is -0.976. The van der Waals surface area contributed by atoms with Crippen LogP contribution in [0.1, 0.15) is 35.0 Å². The maximum absolute atomic E-state index is 12.6. The predicted octanol–water partition coefficient (Wildman–Crippen LogP) is -0.674. The Morgan fingerprint density at radius 1 is 1.19 bits per heavy atom. The summed E-state index contributed by atoms with van der Waals surface area (Å²) in [7, 11) is 0. The van der Waals surface area contributed by atoms with E-state index in [0.29, 0.717) is 23.5 Å². The Morgan fingerprint density at radius 2 is 2.00 bits per heavy atom. The Labute approximate surface area is 149 Å². The van der Waals surface area contributed by atoms with Gasteiger partial charge >= 0.3 is 0 Å². The molecule has 0 aliphatic carbocycles. The molecule has 0 radical (unpaired) electrons. The first-order valence-electron chi connectivity index (χ1n) is 8.32. The minimum Gasteiger partial charge on any atom is -0.491 e. The van der Waals surface area contributed by atoms with Gasteiger partial charge in [0.05, 0.1) is 19.8 Å². The van der Waals surface area contributed by atoms with Crippen LogP contribution in [0.3, 0.4) is 0 Å². The van der Waals surface area contributed by atoms with Crippen molar-refractivity contribution in [2.24, 2.45) is 0 Å². The van der Waals surface area contributed by atoms with Crippen LogP contribution in [-0.4, -0.2) is 65.3 Å². The molecular weight excluding hydrogens is 344 g/mol. The molecule has 2 aliphatic heterocycles. The van der Waals surface area contributed by atoms with Crippen molar-refractivity contribution in [1.29, 1.82) is 0 Å². The first kappa shape index (κ1) is 18.3. The van der Waals surface area contributed by atoms with Gasteiger partial charge in [-0.05, 0) is 24.6 Å². The van der Waals surface area contributed by atoms with Crippen molar-refractivity contribution >= 4 is 17.7 Å². The molecule has 3 N–H and O–H groups in total. The summed E-state index contributed by atoms with van der Waals surface area (Å²) in [6, 6.07) is 3.80. The fourth-order valence-corrected chi connectivity index (χ4v) is 3.08. The van der Waals surface area contributed by atoms with Gasteiger partial charge in [0.1, 0.15) is 18.4 Å². The number of piperidine rings is 1. The Hall–Kier alpha value is -2.49. The topological polar surface area (TPSA) is 125 Å². The van der Waals surface area contributed by atoms with E-state index >= 15 is 0 Å². The molecule has 2 heterocycles. The lowest BCUT2D eigenvalue weighted by molar-refractivity contribution is -0.139. The lowest BCUT2D eigenvalue weighted by atomic mass is 10.0. The molecule has 0 saturated carbocycles. The highest BCUT2D eigenvalue weighted by atomic mass is 16.5. The van der Waals surface area contributed by atoms with Crippen molar-refractivity contribution in [1.82, 2.24) is 10.2 Å². The highest BCUT2D eigenvalue weighted by Crippen LogP contribution is 2.37. The summed E-state index contributed by atoms with van der Waals surface area (Å²) in [5.41, 5.74) is 0.652. The second-order valence-corrected chi connectivity index (χ2v) is 5.99. The zero-order valence-corrected chi connectivity index (χ0v) is 14.0. The minimum atomic E-state index is -1.28. The van der Waals surface area contributed by atoms with E-state index in [1.807, 2.05) is 0 Å². The summed E-state index contributed by atoms with van der Waals surface area (Å²) in [6.45, 7) is 0.701. The number of fused-ring (bicyclic) bond motifs is 1. The highest BCUT2D eigenvalue weighted by Gasteiger charge is 2.44. The molecular formula is C17H20N2O7. The number of nitrogens with zero attached hydrogens (tertiary/aromatic N) is 1. The number of ether oxygens (including phenoxy) is 2. The number of carbonyl (C=O) groups is 3. The molecule has 1 saturated heterocycles. The van der Waals surface area contributed by atoms with Crippen LogP contribution in [0.25, 0.3) is 0 Å². The van der Waals surface area contributed by atoms with Crippen molar-refractivity contribution in [3.63, 3.8) is 0 Å². The van der Waals surface area contributed by atoms with E-state index < -0.39 is 24.1 Å². The molecule has 0 bridgehead atoms. The number of nitrogens with one attached hydrogen (secondary N) is 1. The van der Waals surface area contributed by atoms with Gasteiger partial charge in [-0.1, -0.05) is 0 Å². The van der Waals surface area contributed by atoms with Gasteiger partial charge < -0.3 is 19.7 Å². The van der Waals surface area contributed by atoms with Gasteiger partial charge in [-0.25, -0.2) is 0 Å². The van der Waals surface area contributed by atoms with E-state index in [-0.39, 0.29) is 38.6 Å². The normalized spacial score (nSPS) is 22.4. The molecule has 1 aromatic rings. The number of imide groups is 1. The van der Waals surface area contributed by atoms with Crippen LogP contribution >= 0.6 is 0 Å². The van der Waals surface area contributed by atoms with E-state index in [1.54, 1.807) is 12.1 Å². The number of carbonyl (C=O) groups excluding carboxylic acids is 3. The average Bonchev–Trinajstić information content (AvgIpc) is 2.86. The molecule has 1 aromatic carbocycles. The predicted molar refractivity (Wildman–Crippen MR) is 87.1 cm³/mol. The third-order valence-corrected chi connectivity index (χ3v) is 4.31. The number of aliphatic hydroxyl groups is 2. The Kier molecular flexibility index (Phi) is 5.50. The van der Waals surface area contributed by atoms with Gasteiger partial charge in [-0.15, -0.1) is 0 Å². The molecule has 0 spiro atoms. The Balaban J connectivity index is 1.70. The van der Waals surface area contributed by atoms with E-state index in [2.05, 4.69) is 5.32 Å². The second-order valence-electron chi connectivity index (χ2n) is 5.99. The third kappa shape index (κ3) is 3.55.